The number of hydrogen-bond acceptors (Lipinski definition) is 5. The number of anilines is 1. The number of nitrogens with one attached hydrogen (secondary N) is 1. The van der Waals surface area contributed by atoms with Crippen molar-refractivity contribution in [1.82, 2.24) is 0 Å². The predicted molar refractivity (Wildman–Crippen MR) is 84.8 cm³/mol. The van der Waals surface area contributed by atoms with Crippen molar-refractivity contribution >= 4 is 17.3 Å². The van der Waals surface area contributed by atoms with Crippen LogP contribution < -0.4 is 14.8 Å². The molecule has 0 aliphatic heterocycles. The molecule has 2 aromatic carbocycles. The summed E-state index contributed by atoms with van der Waals surface area (Å²) in [5.41, 5.74) is 0.0811. The van der Waals surface area contributed by atoms with Gasteiger partial charge in [0.2, 0.25) is 0 Å². The van der Waals surface area contributed by atoms with Gasteiger partial charge < -0.3 is 14.8 Å². The normalized spacial score (nSPS) is 11.5. The molecule has 0 saturated carbocycles. The average molecular weight is 334 g/mol. The Bertz CT molecular complexity index is 766. The average Bonchev–Trinajstić information content (AvgIpc) is 2.56. The van der Waals surface area contributed by atoms with E-state index in [1.807, 2.05) is 0 Å². The minimum Gasteiger partial charge on any atom is -0.494 e. The Kier molecular flexibility index (Phi) is 5.31. The number of halogens is 1. The number of rotatable bonds is 6. The second kappa shape index (κ2) is 7.40. The summed E-state index contributed by atoms with van der Waals surface area (Å²) in [6.07, 6.45) is -0.984. The molecule has 0 spiro atoms. The van der Waals surface area contributed by atoms with Crippen LogP contribution in [0.2, 0.25) is 0 Å². The maximum Gasteiger partial charge on any atom is 0.273 e. The lowest BCUT2D eigenvalue weighted by atomic mass is 10.2. The van der Waals surface area contributed by atoms with Gasteiger partial charge in [0, 0.05) is 6.07 Å². The van der Waals surface area contributed by atoms with E-state index in [0.717, 1.165) is 0 Å². The highest BCUT2D eigenvalue weighted by atomic mass is 19.1. The van der Waals surface area contributed by atoms with Crippen LogP contribution in [-0.4, -0.2) is 24.0 Å². The Labute approximate surface area is 137 Å². The van der Waals surface area contributed by atoms with Crippen LogP contribution in [0, 0.1) is 15.9 Å². The van der Waals surface area contributed by atoms with Crippen molar-refractivity contribution in [3.05, 3.63) is 58.4 Å². The molecule has 8 heteroatoms. The maximum atomic E-state index is 13.5. The highest BCUT2D eigenvalue weighted by molar-refractivity contribution is 5.95. The fourth-order valence-electron chi connectivity index (χ4n) is 1.92. The van der Waals surface area contributed by atoms with E-state index in [2.05, 4.69) is 5.32 Å². The number of nitro benzene ring substituents is 1. The van der Waals surface area contributed by atoms with Crippen LogP contribution in [0.15, 0.2) is 42.5 Å². The monoisotopic (exact) mass is 334 g/mol. The van der Waals surface area contributed by atoms with Crippen molar-refractivity contribution in [2.45, 2.75) is 13.0 Å². The Morgan fingerprint density at radius 1 is 1.25 bits per heavy atom. The lowest BCUT2D eigenvalue weighted by Crippen LogP contribution is -2.30. The molecule has 0 radical (unpaired) electrons. The van der Waals surface area contributed by atoms with Crippen molar-refractivity contribution in [1.29, 1.82) is 0 Å². The first-order chi connectivity index (χ1) is 11.4. The van der Waals surface area contributed by atoms with Crippen molar-refractivity contribution in [2.24, 2.45) is 0 Å². The summed E-state index contributed by atoms with van der Waals surface area (Å²) in [7, 11) is 1.33. The number of non-ortho nitro benzene ring substituents is 1. The summed E-state index contributed by atoms with van der Waals surface area (Å²) in [5, 5.41) is 13.3. The maximum absolute atomic E-state index is 13.5. The molecule has 1 N–H and O–H groups in total. The zero-order valence-electron chi connectivity index (χ0n) is 13.0. The summed E-state index contributed by atoms with van der Waals surface area (Å²) >= 11 is 0. The molecule has 2 aromatic rings. The lowest BCUT2D eigenvalue weighted by molar-refractivity contribution is -0.384. The number of hydrogen-bond donors (Lipinski definition) is 1. The number of ether oxygens (including phenoxy) is 2. The second-order valence-electron chi connectivity index (χ2n) is 4.82. The molecule has 7 nitrogen and oxygen atoms in total. The second-order valence-corrected chi connectivity index (χ2v) is 4.82. The predicted octanol–water partition coefficient (Wildman–Crippen LogP) is 3.15. The largest absolute Gasteiger partial charge is 0.494 e. The van der Waals surface area contributed by atoms with E-state index in [1.165, 1.54) is 50.4 Å². The van der Waals surface area contributed by atoms with Crippen molar-refractivity contribution in [2.75, 3.05) is 12.4 Å². The van der Waals surface area contributed by atoms with Crippen molar-refractivity contribution < 1.29 is 23.6 Å². The van der Waals surface area contributed by atoms with E-state index in [1.54, 1.807) is 6.07 Å². The standard InChI is InChI=1S/C16H15FN2O5/c1-10(24-14-6-4-3-5-12(14)17)16(20)18-13-8-7-11(19(21)22)9-15(13)23-2/h3-10H,1-2H3,(H,18,20)/t10-/m1/s1. The van der Waals surface area contributed by atoms with Gasteiger partial charge in [-0.05, 0) is 25.1 Å². The molecule has 0 aliphatic carbocycles. The van der Waals surface area contributed by atoms with Crippen molar-refractivity contribution in [3.63, 3.8) is 0 Å². The topological polar surface area (TPSA) is 90.7 Å². The molecule has 2 rings (SSSR count). The fourth-order valence-corrected chi connectivity index (χ4v) is 1.92. The summed E-state index contributed by atoms with van der Waals surface area (Å²) in [6.45, 7) is 1.46. The van der Waals surface area contributed by atoms with Crippen LogP contribution in [0.4, 0.5) is 15.8 Å². The minimum atomic E-state index is -0.984. The van der Waals surface area contributed by atoms with Gasteiger partial charge in [0.1, 0.15) is 5.75 Å². The number of benzene rings is 2. The first-order valence-corrected chi connectivity index (χ1v) is 6.97. The van der Waals surface area contributed by atoms with Crippen LogP contribution in [0.1, 0.15) is 6.92 Å². The number of amides is 1. The Morgan fingerprint density at radius 2 is 1.96 bits per heavy atom. The van der Waals surface area contributed by atoms with E-state index >= 15 is 0 Å². The van der Waals surface area contributed by atoms with Gasteiger partial charge in [0.05, 0.1) is 23.8 Å². The molecule has 1 atom stereocenters. The molecule has 0 heterocycles. The molecule has 0 fully saturated rings. The number of carbonyl (C=O) groups is 1. The molecule has 0 bridgehead atoms. The van der Waals surface area contributed by atoms with Gasteiger partial charge >= 0.3 is 0 Å². The molecule has 0 unspecified atom stereocenters. The molecular formula is C16H15FN2O5. The Balaban J connectivity index is 2.11. The molecule has 1 amide bonds. The highest BCUT2D eigenvalue weighted by Crippen LogP contribution is 2.29. The van der Waals surface area contributed by atoms with E-state index in [0.29, 0.717) is 0 Å². The summed E-state index contributed by atoms with van der Waals surface area (Å²) in [6, 6.07) is 9.51. The number of carbonyl (C=O) groups excluding carboxylic acids is 1. The molecule has 0 aromatic heterocycles. The Morgan fingerprint density at radius 3 is 2.58 bits per heavy atom. The summed E-state index contributed by atoms with van der Waals surface area (Å²) in [4.78, 5) is 22.3. The SMILES string of the molecule is COc1cc([N+](=O)[O-])ccc1NC(=O)[C@@H](C)Oc1ccccc1F. The fraction of sp³-hybridized carbons (Fsp3) is 0.188. The first kappa shape index (κ1) is 17.2. The van der Waals surface area contributed by atoms with Gasteiger partial charge in [0.25, 0.3) is 11.6 Å². The number of para-hydroxylation sites is 1. The molecule has 24 heavy (non-hydrogen) atoms. The summed E-state index contributed by atoms with van der Waals surface area (Å²) < 4.78 is 23.9. The first-order valence-electron chi connectivity index (χ1n) is 6.97. The zero-order chi connectivity index (χ0) is 17.7. The van der Waals surface area contributed by atoms with Crippen LogP contribution in [0.5, 0.6) is 11.5 Å². The van der Waals surface area contributed by atoms with Crippen LogP contribution >= 0.6 is 0 Å². The van der Waals surface area contributed by atoms with Crippen LogP contribution in [-0.2, 0) is 4.79 Å². The minimum absolute atomic E-state index is 0.0455. The molecule has 126 valence electrons. The van der Waals surface area contributed by atoms with E-state index in [9.17, 15) is 19.3 Å². The third kappa shape index (κ3) is 3.97. The molecule has 0 aliphatic rings. The van der Waals surface area contributed by atoms with Gasteiger partial charge in [-0.1, -0.05) is 12.1 Å². The number of nitrogens with zero attached hydrogens (tertiary/aromatic N) is 1. The highest BCUT2D eigenvalue weighted by Gasteiger charge is 2.19. The van der Waals surface area contributed by atoms with Gasteiger partial charge in [-0.2, -0.15) is 0 Å². The Hall–Kier alpha value is -3.16. The zero-order valence-corrected chi connectivity index (χ0v) is 13.0. The van der Waals surface area contributed by atoms with E-state index in [-0.39, 0.29) is 22.9 Å². The molecule has 0 saturated heterocycles. The van der Waals surface area contributed by atoms with Gasteiger partial charge in [-0.25, -0.2) is 4.39 Å². The third-order valence-electron chi connectivity index (χ3n) is 3.16. The van der Waals surface area contributed by atoms with Gasteiger partial charge in [0.15, 0.2) is 17.7 Å². The quantitative estimate of drug-likeness (QED) is 0.647. The number of nitro groups is 1. The lowest BCUT2D eigenvalue weighted by Gasteiger charge is -2.16. The summed E-state index contributed by atoms with van der Waals surface area (Å²) in [5.74, 6) is -1.04. The number of methoxy groups -OCH3 is 1. The van der Waals surface area contributed by atoms with Gasteiger partial charge in [-0.3, -0.25) is 14.9 Å². The third-order valence-corrected chi connectivity index (χ3v) is 3.16. The smallest absolute Gasteiger partial charge is 0.273 e. The van der Waals surface area contributed by atoms with Gasteiger partial charge in [-0.15, -0.1) is 0 Å². The van der Waals surface area contributed by atoms with Crippen LogP contribution in [0.3, 0.4) is 0 Å². The molecular weight excluding hydrogens is 319 g/mol. The van der Waals surface area contributed by atoms with Crippen molar-refractivity contribution in [3.8, 4) is 11.5 Å². The van der Waals surface area contributed by atoms with E-state index in [4.69, 9.17) is 9.47 Å². The van der Waals surface area contributed by atoms with E-state index < -0.39 is 22.8 Å². The van der Waals surface area contributed by atoms with Crippen LogP contribution in [0.25, 0.3) is 0 Å².